The number of rotatable bonds is 7. The highest BCUT2D eigenvalue weighted by Crippen LogP contribution is 2.44. The summed E-state index contributed by atoms with van der Waals surface area (Å²) in [5, 5.41) is 20.7. The summed E-state index contributed by atoms with van der Waals surface area (Å²) < 4.78 is 10.9. The molecule has 3 aromatic rings. The van der Waals surface area contributed by atoms with Crippen molar-refractivity contribution in [2.75, 3.05) is 25.1 Å². The number of hydrogen-bond donors (Lipinski definition) is 4. The number of carboxylic acids is 1. The summed E-state index contributed by atoms with van der Waals surface area (Å²) in [5.41, 5.74) is 4.65. The van der Waals surface area contributed by atoms with Crippen LogP contribution in [0.25, 0.3) is 11.1 Å². The number of aliphatic carboxylic acids is 1. The Morgan fingerprint density at radius 1 is 1.09 bits per heavy atom. The molecule has 0 bridgehead atoms. The molecule has 10 heteroatoms. The number of benzene rings is 2. The lowest BCUT2D eigenvalue weighted by Gasteiger charge is -2.14. The van der Waals surface area contributed by atoms with Crippen molar-refractivity contribution < 1.29 is 29.0 Å². The van der Waals surface area contributed by atoms with Crippen molar-refractivity contribution >= 4 is 23.8 Å². The Kier molecular flexibility index (Phi) is 6.19. The first-order chi connectivity index (χ1) is 17.0. The number of H-pyrrole nitrogens is 1. The second-order valence-corrected chi connectivity index (χ2v) is 8.55. The number of hydrogen-bond acceptors (Lipinski definition) is 6. The van der Waals surface area contributed by atoms with E-state index in [1.807, 2.05) is 36.4 Å². The summed E-state index contributed by atoms with van der Waals surface area (Å²) in [4.78, 5) is 35.8. The lowest BCUT2D eigenvalue weighted by Crippen LogP contribution is -2.32. The molecule has 0 saturated carbocycles. The van der Waals surface area contributed by atoms with Gasteiger partial charge in [-0.3, -0.25) is 20.0 Å². The fraction of sp³-hybridized carbons (Fsp3) is 0.280. The second kappa shape index (κ2) is 9.59. The fourth-order valence-electron chi connectivity index (χ4n) is 4.56. The Balaban J connectivity index is 1.13. The van der Waals surface area contributed by atoms with Gasteiger partial charge in [0.15, 0.2) is 5.82 Å². The normalized spacial score (nSPS) is 18.5. The molecule has 2 unspecified atom stereocenters. The number of fused-ring (bicyclic) bond motifs is 3. The zero-order chi connectivity index (χ0) is 24.4. The molecule has 10 nitrogen and oxygen atoms in total. The highest BCUT2D eigenvalue weighted by Gasteiger charge is 2.31. The molecule has 1 aromatic heterocycles. The van der Waals surface area contributed by atoms with Gasteiger partial charge in [-0.05, 0) is 28.7 Å². The second-order valence-electron chi connectivity index (χ2n) is 8.55. The fourth-order valence-corrected chi connectivity index (χ4v) is 4.56. The molecule has 0 radical (unpaired) electrons. The highest BCUT2D eigenvalue weighted by atomic mass is 16.5. The van der Waals surface area contributed by atoms with E-state index in [9.17, 15) is 14.4 Å². The standard InChI is InChI=1S/C25H24N4O6/c30-23(26-11-15-9-14(12-34-15)24(31)32)21-10-22(29-28-21)27-25(33)35-13-20-18-7-3-1-5-16(18)17-6-2-4-8-19(17)20/h1-8,10,14-15,20H,9,11-13H2,(H,26,30)(H,31,32)(H2,27,28,29,33). The largest absolute Gasteiger partial charge is 0.481 e. The number of aromatic nitrogens is 2. The number of carbonyl (C=O) groups is 3. The van der Waals surface area contributed by atoms with E-state index in [0.29, 0.717) is 6.42 Å². The average Bonchev–Trinajstić information content (AvgIpc) is 3.59. The van der Waals surface area contributed by atoms with Crippen LogP contribution in [0.4, 0.5) is 10.6 Å². The smallest absolute Gasteiger partial charge is 0.412 e. The maximum absolute atomic E-state index is 12.4. The molecule has 1 aliphatic carbocycles. The Bertz CT molecular complexity index is 1230. The van der Waals surface area contributed by atoms with Gasteiger partial charge in [-0.25, -0.2) is 4.79 Å². The van der Waals surface area contributed by atoms with E-state index >= 15 is 0 Å². The van der Waals surface area contributed by atoms with Gasteiger partial charge in [-0.1, -0.05) is 48.5 Å². The topological polar surface area (TPSA) is 143 Å². The molecule has 5 rings (SSSR count). The molecule has 2 aliphatic rings. The maximum Gasteiger partial charge on any atom is 0.412 e. The number of aromatic amines is 1. The Hall–Kier alpha value is -4.18. The first-order valence-electron chi connectivity index (χ1n) is 11.3. The molecule has 2 amide bonds. The number of amides is 2. The van der Waals surface area contributed by atoms with Crippen LogP contribution in [0.3, 0.4) is 0 Å². The Morgan fingerprint density at radius 2 is 1.77 bits per heavy atom. The van der Waals surface area contributed by atoms with Crippen LogP contribution < -0.4 is 10.6 Å². The van der Waals surface area contributed by atoms with Crippen LogP contribution in [0.15, 0.2) is 54.6 Å². The molecule has 2 aromatic carbocycles. The zero-order valence-corrected chi connectivity index (χ0v) is 18.7. The van der Waals surface area contributed by atoms with Crippen LogP contribution >= 0.6 is 0 Å². The van der Waals surface area contributed by atoms with Crippen LogP contribution in [-0.2, 0) is 14.3 Å². The molecule has 1 aliphatic heterocycles. The van der Waals surface area contributed by atoms with Gasteiger partial charge < -0.3 is 19.9 Å². The minimum absolute atomic E-state index is 0.0628. The molecule has 35 heavy (non-hydrogen) atoms. The van der Waals surface area contributed by atoms with Gasteiger partial charge in [-0.2, -0.15) is 5.10 Å². The molecular formula is C25H24N4O6. The van der Waals surface area contributed by atoms with Gasteiger partial charge in [0.25, 0.3) is 5.91 Å². The predicted octanol–water partition coefficient (Wildman–Crippen LogP) is 2.99. The number of carbonyl (C=O) groups excluding carboxylic acids is 2. The molecule has 0 spiro atoms. The summed E-state index contributed by atoms with van der Waals surface area (Å²) in [6, 6.07) is 17.5. The quantitative estimate of drug-likeness (QED) is 0.411. The molecule has 1 fully saturated rings. The van der Waals surface area contributed by atoms with Gasteiger partial charge in [-0.15, -0.1) is 0 Å². The first kappa shape index (κ1) is 22.6. The van der Waals surface area contributed by atoms with Crippen molar-refractivity contribution in [3.8, 4) is 11.1 Å². The van der Waals surface area contributed by atoms with Gasteiger partial charge in [0, 0.05) is 18.5 Å². The number of nitrogens with one attached hydrogen (secondary N) is 3. The van der Waals surface area contributed by atoms with E-state index in [1.165, 1.54) is 6.07 Å². The minimum atomic E-state index is -0.906. The van der Waals surface area contributed by atoms with Crippen molar-refractivity contribution in [3.63, 3.8) is 0 Å². The first-order valence-corrected chi connectivity index (χ1v) is 11.3. The molecule has 2 atom stereocenters. The molecule has 180 valence electrons. The third-order valence-electron chi connectivity index (χ3n) is 6.32. The summed E-state index contributed by atoms with van der Waals surface area (Å²) in [6.07, 6.45) is -0.696. The van der Waals surface area contributed by atoms with Crippen LogP contribution in [0, 0.1) is 5.92 Å². The van der Waals surface area contributed by atoms with Crippen LogP contribution in [0.1, 0.15) is 34.0 Å². The summed E-state index contributed by atoms with van der Waals surface area (Å²) in [7, 11) is 0. The predicted molar refractivity (Wildman–Crippen MR) is 125 cm³/mol. The van der Waals surface area contributed by atoms with Crippen LogP contribution in [0.2, 0.25) is 0 Å². The SMILES string of the molecule is O=C(Nc1cc(C(=O)NCC2CC(C(=O)O)CO2)[nH]n1)OCC1c2ccccc2-c2ccccc21. The van der Waals surface area contributed by atoms with Gasteiger partial charge in [0.2, 0.25) is 0 Å². The third-order valence-corrected chi connectivity index (χ3v) is 6.32. The van der Waals surface area contributed by atoms with E-state index in [0.717, 1.165) is 22.3 Å². The molecule has 2 heterocycles. The monoisotopic (exact) mass is 476 g/mol. The van der Waals surface area contributed by atoms with Crippen molar-refractivity contribution in [1.29, 1.82) is 0 Å². The van der Waals surface area contributed by atoms with E-state index in [1.54, 1.807) is 0 Å². The zero-order valence-electron chi connectivity index (χ0n) is 18.7. The average molecular weight is 476 g/mol. The van der Waals surface area contributed by atoms with Gasteiger partial charge in [0.05, 0.1) is 18.6 Å². The number of ether oxygens (including phenoxy) is 2. The van der Waals surface area contributed by atoms with E-state index < -0.39 is 23.9 Å². The third kappa shape index (κ3) is 4.73. The van der Waals surface area contributed by atoms with Crippen molar-refractivity contribution in [1.82, 2.24) is 15.5 Å². The molecule has 4 N–H and O–H groups in total. The van der Waals surface area contributed by atoms with Crippen LogP contribution in [-0.4, -0.2) is 59.1 Å². The lowest BCUT2D eigenvalue weighted by molar-refractivity contribution is -0.141. The number of carboxylic acid groups (broad SMARTS) is 1. The Morgan fingerprint density at radius 3 is 2.43 bits per heavy atom. The number of nitrogens with zero attached hydrogens (tertiary/aromatic N) is 1. The summed E-state index contributed by atoms with van der Waals surface area (Å²) in [6.45, 7) is 0.473. The van der Waals surface area contributed by atoms with E-state index in [-0.39, 0.29) is 43.3 Å². The minimum Gasteiger partial charge on any atom is -0.481 e. The van der Waals surface area contributed by atoms with Gasteiger partial charge in [0.1, 0.15) is 12.3 Å². The molecular weight excluding hydrogens is 452 g/mol. The highest BCUT2D eigenvalue weighted by molar-refractivity contribution is 5.94. The van der Waals surface area contributed by atoms with E-state index in [2.05, 4.69) is 33.0 Å². The Labute approximate surface area is 200 Å². The number of anilines is 1. The summed E-state index contributed by atoms with van der Waals surface area (Å²) >= 11 is 0. The molecule has 1 saturated heterocycles. The van der Waals surface area contributed by atoms with Crippen molar-refractivity contribution in [3.05, 3.63) is 71.4 Å². The summed E-state index contributed by atoms with van der Waals surface area (Å²) in [5.74, 6) is -1.82. The van der Waals surface area contributed by atoms with Gasteiger partial charge >= 0.3 is 12.1 Å². The van der Waals surface area contributed by atoms with Crippen LogP contribution in [0.5, 0.6) is 0 Å². The van der Waals surface area contributed by atoms with Crippen molar-refractivity contribution in [2.45, 2.75) is 18.4 Å². The lowest BCUT2D eigenvalue weighted by atomic mass is 9.98. The van der Waals surface area contributed by atoms with E-state index in [4.69, 9.17) is 14.6 Å². The maximum atomic E-state index is 12.4. The van der Waals surface area contributed by atoms with Crippen molar-refractivity contribution in [2.24, 2.45) is 5.92 Å².